The van der Waals surface area contributed by atoms with Crippen molar-refractivity contribution in [3.63, 3.8) is 0 Å². The number of nitrogens with one attached hydrogen (secondary N) is 1. The Morgan fingerprint density at radius 1 is 1.06 bits per heavy atom. The maximum absolute atomic E-state index is 13.8. The van der Waals surface area contributed by atoms with Crippen molar-refractivity contribution in [1.82, 2.24) is 9.55 Å². The molecule has 1 aliphatic rings. The fourth-order valence-electron chi connectivity index (χ4n) is 4.75. The molecule has 3 aromatic carbocycles. The number of hydrogen-bond acceptors (Lipinski definition) is 2. The van der Waals surface area contributed by atoms with Gasteiger partial charge in [-0.25, -0.2) is 13.8 Å². The van der Waals surface area contributed by atoms with Gasteiger partial charge in [-0.3, -0.25) is 0 Å². The second-order valence-corrected chi connectivity index (χ2v) is 8.21. The molecule has 1 N–H and O–H groups in total. The van der Waals surface area contributed by atoms with Gasteiger partial charge in [0.05, 0.1) is 13.6 Å². The van der Waals surface area contributed by atoms with Crippen molar-refractivity contribution in [3.05, 3.63) is 94.0 Å². The molecule has 33 heavy (non-hydrogen) atoms. The first-order valence-corrected chi connectivity index (χ1v) is 10.6. The van der Waals surface area contributed by atoms with Gasteiger partial charge in [-0.2, -0.15) is 4.57 Å². The van der Waals surface area contributed by atoms with E-state index in [1.807, 2.05) is 54.1 Å². The number of fused-ring (bicyclic) bond motifs is 6. The molecule has 0 bridgehead atoms. The van der Waals surface area contributed by atoms with E-state index in [-0.39, 0.29) is 18.0 Å². The maximum atomic E-state index is 13.8. The van der Waals surface area contributed by atoms with Crippen LogP contribution in [-0.2, 0) is 26.6 Å². The van der Waals surface area contributed by atoms with Crippen molar-refractivity contribution < 1.29 is 26.1 Å². The lowest BCUT2D eigenvalue weighted by Gasteiger charge is -2.16. The van der Waals surface area contributed by atoms with Crippen molar-refractivity contribution in [2.24, 2.45) is 7.05 Å². The van der Waals surface area contributed by atoms with Gasteiger partial charge in [0.15, 0.2) is 0 Å². The standard InChI is InChI=1S/C26H20FN3O2.ClH/c1-29-23-10-7-17(27)13-21(23)26(31)30-12-11-19-20-14-18(32-15-16-5-3-2-4-6-16)8-9-22(20)28-24(19)25(29)30;/h2-10,13-14H,11-12,15H2,1H3;1H. The Morgan fingerprint density at radius 3 is 2.70 bits per heavy atom. The molecular weight excluding hydrogens is 441 g/mol. The summed E-state index contributed by atoms with van der Waals surface area (Å²) in [6.45, 7) is 1.05. The molecule has 5 nitrogen and oxygen atoms in total. The molecule has 0 spiro atoms. The van der Waals surface area contributed by atoms with Gasteiger partial charge in [-0.15, -0.1) is 0 Å². The summed E-state index contributed by atoms with van der Waals surface area (Å²) in [6, 6.07) is 20.5. The first-order chi connectivity index (χ1) is 15.6. The summed E-state index contributed by atoms with van der Waals surface area (Å²) in [6.07, 6.45) is 0.713. The van der Waals surface area contributed by atoms with E-state index in [4.69, 9.17) is 4.74 Å². The second kappa shape index (κ2) is 8.05. The number of benzene rings is 3. The molecule has 0 unspecified atom stereocenters. The minimum absolute atomic E-state index is 0. The summed E-state index contributed by atoms with van der Waals surface area (Å²) in [5.41, 5.74) is 4.76. The highest BCUT2D eigenvalue weighted by molar-refractivity contribution is 5.91. The Balaban J connectivity index is 0.00000228. The predicted molar refractivity (Wildman–Crippen MR) is 121 cm³/mol. The summed E-state index contributed by atoms with van der Waals surface area (Å²) in [7, 11) is 1.92. The Labute approximate surface area is 195 Å². The number of aromatic amines is 1. The van der Waals surface area contributed by atoms with Gasteiger partial charge in [-0.1, -0.05) is 30.3 Å². The van der Waals surface area contributed by atoms with E-state index in [0.717, 1.165) is 33.7 Å². The molecule has 6 rings (SSSR count). The second-order valence-electron chi connectivity index (χ2n) is 8.21. The number of aryl methyl sites for hydroxylation is 2. The third kappa shape index (κ3) is 3.38. The highest BCUT2D eigenvalue weighted by Gasteiger charge is 2.32. The van der Waals surface area contributed by atoms with Gasteiger partial charge in [0.25, 0.3) is 0 Å². The van der Waals surface area contributed by atoms with E-state index in [1.54, 1.807) is 10.6 Å². The molecule has 2 aromatic heterocycles. The molecule has 7 heteroatoms. The smallest absolute Gasteiger partial charge is 0.345 e. The van der Waals surface area contributed by atoms with Crippen molar-refractivity contribution in [1.29, 1.82) is 0 Å². The number of ether oxygens (including phenoxy) is 1. The van der Waals surface area contributed by atoms with E-state index in [1.165, 1.54) is 17.7 Å². The molecule has 0 amide bonds. The minimum atomic E-state index is -0.403. The quantitative estimate of drug-likeness (QED) is 0.411. The normalized spacial score (nSPS) is 12.3. The van der Waals surface area contributed by atoms with E-state index in [9.17, 15) is 9.18 Å². The van der Waals surface area contributed by atoms with Gasteiger partial charge < -0.3 is 22.1 Å². The maximum Gasteiger partial charge on any atom is 0.345 e. The van der Waals surface area contributed by atoms with Crippen molar-refractivity contribution in [3.8, 4) is 17.3 Å². The largest absolute Gasteiger partial charge is 1.00 e. The number of rotatable bonds is 3. The van der Waals surface area contributed by atoms with Crippen LogP contribution in [0.15, 0.2) is 71.5 Å². The van der Waals surface area contributed by atoms with Crippen LogP contribution < -0.4 is 27.3 Å². The lowest BCUT2D eigenvalue weighted by atomic mass is 10.0. The zero-order valence-corrected chi connectivity index (χ0v) is 18.7. The van der Waals surface area contributed by atoms with E-state index < -0.39 is 5.82 Å². The Kier molecular flexibility index (Phi) is 5.17. The highest BCUT2D eigenvalue weighted by atomic mass is 35.5. The average molecular weight is 462 g/mol. The Hall–Kier alpha value is -3.64. The first-order valence-electron chi connectivity index (χ1n) is 10.6. The van der Waals surface area contributed by atoms with Crippen molar-refractivity contribution in [2.75, 3.05) is 0 Å². The number of nitrogens with zero attached hydrogens (tertiary/aromatic N) is 2. The van der Waals surface area contributed by atoms with Crippen LogP contribution in [0, 0.1) is 5.82 Å². The van der Waals surface area contributed by atoms with Gasteiger partial charge in [0.2, 0.25) is 0 Å². The van der Waals surface area contributed by atoms with Crippen LogP contribution in [-0.4, -0.2) is 9.55 Å². The summed E-state index contributed by atoms with van der Waals surface area (Å²) < 4.78 is 23.5. The highest BCUT2D eigenvalue weighted by Crippen LogP contribution is 2.34. The number of halogens is 2. The molecular formula is C26H21ClFN3O2. The van der Waals surface area contributed by atoms with E-state index >= 15 is 0 Å². The molecule has 0 radical (unpaired) electrons. The predicted octanol–water partition coefficient (Wildman–Crippen LogP) is 1.25. The number of aromatic nitrogens is 3. The molecule has 0 saturated carbocycles. The van der Waals surface area contributed by atoms with Gasteiger partial charge in [0.1, 0.15) is 34.8 Å². The third-order valence-corrected chi connectivity index (χ3v) is 6.30. The topological polar surface area (TPSA) is 50.9 Å². The van der Waals surface area contributed by atoms with Crippen LogP contribution in [0.1, 0.15) is 11.1 Å². The van der Waals surface area contributed by atoms with Crippen LogP contribution in [0.4, 0.5) is 4.39 Å². The lowest BCUT2D eigenvalue weighted by Crippen LogP contribution is -3.00. The molecule has 0 aliphatic carbocycles. The van der Waals surface area contributed by atoms with Crippen LogP contribution in [0.25, 0.3) is 33.3 Å². The Morgan fingerprint density at radius 2 is 1.88 bits per heavy atom. The fraction of sp³-hybridized carbons (Fsp3) is 0.154. The zero-order valence-electron chi connectivity index (χ0n) is 17.9. The molecule has 0 fully saturated rings. The average Bonchev–Trinajstić information content (AvgIpc) is 3.19. The molecule has 5 aromatic rings. The first kappa shape index (κ1) is 21.2. The summed E-state index contributed by atoms with van der Waals surface area (Å²) in [5, 5.41) is 1.50. The Bertz CT molecular complexity index is 1570. The van der Waals surface area contributed by atoms with Crippen LogP contribution in [0.3, 0.4) is 0 Å². The summed E-state index contributed by atoms with van der Waals surface area (Å²) in [4.78, 5) is 16.6. The molecule has 166 valence electrons. The van der Waals surface area contributed by atoms with Crippen molar-refractivity contribution >= 4 is 21.8 Å². The zero-order chi connectivity index (χ0) is 21.8. The lowest BCUT2D eigenvalue weighted by molar-refractivity contribution is -0.638. The number of hydrogen-bond donors (Lipinski definition) is 1. The third-order valence-electron chi connectivity index (χ3n) is 6.30. The molecule has 0 atom stereocenters. The summed E-state index contributed by atoms with van der Waals surface area (Å²) >= 11 is 0. The van der Waals surface area contributed by atoms with Crippen LogP contribution in [0.2, 0.25) is 0 Å². The van der Waals surface area contributed by atoms with Gasteiger partial charge >= 0.3 is 11.4 Å². The molecule has 3 heterocycles. The fourth-order valence-corrected chi connectivity index (χ4v) is 4.75. The van der Waals surface area contributed by atoms with E-state index in [0.29, 0.717) is 30.5 Å². The van der Waals surface area contributed by atoms with Crippen LogP contribution in [0.5, 0.6) is 5.75 Å². The van der Waals surface area contributed by atoms with E-state index in [2.05, 4.69) is 11.1 Å². The van der Waals surface area contributed by atoms with Crippen LogP contribution >= 0.6 is 0 Å². The molecule has 0 saturated heterocycles. The SMILES string of the molecule is C[n+]1c2n(c(=O)c3cc(F)ccc31)CCc1c-2[nH]c2ccc(OCc3ccccc3)cc12.[Cl-]. The summed E-state index contributed by atoms with van der Waals surface area (Å²) in [5.74, 6) is 1.21. The number of H-pyrrole nitrogens is 1. The van der Waals surface area contributed by atoms with Crippen molar-refractivity contribution in [2.45, 2.75) is 19.6 Å². The van der Waals surface area contributed by atoms with Gasteiger partial charge in [0, 0.05) is 17.3 Å². The molecule has 1 aliphatic heterocycles. The van der Waals surface area contributed by atoms with Gasteiger partial charge in [-0.05, 0) is 47.5 Å². The monoisotopic (exact) mass is 461 g/mol. The minimum Gasteiger partial charge on any atom is -1.00 e.